The zero-order chi connectivity index (χ0) is 15.2. The van der Waals surface area contributed by atoms with E-state index in [1.807, 2.05) is 43.3 Å². The van der Waals surface area contributed by atoms with Crippen molar-refractivity contribution in [2.24, 2.45) is 0 Å². The first-order chi connectivity index (χ1) is 10.2. The van der Waals surface area contributed by atoms with Gasteiger partial charge < -0.3 is 10.1 Å². The quantitative estimate of drug-likeness (QED) is 0.760. The van der Waals surface area contributed by atoms with Gasteiger partial charge in [-0.1, -0.05) is 49.7 Å². The fraction of sp³-hybridized carbons (Fsp3) is 0.333. The van der Waals surface area contributed by atoms with E-state index in [0.29, 0.717) is 11.1 Å². The minimum Gasteiger partial charge on any atom is -0.457 e. The Labute approximate surface area is 132 Å². The maximum Gasteiger partial charge on any atom is 0.132 e. The molecule has 2 nitrogen and oxygen atoms in total. The maximum absolute atomic E-state index is 6.13. The fourth-order valence-corrected chi connectivity index (χ4v) is 2.55. The monoisotopic (exact) mass is 303 g/mol. The fourth-order valence-electron chi connectivity index (χ4n) is 2.38. The summed E-state index contributed by atoms with van der Waals surface area (Å²) in [5.41, 5.74) is 2.26. The van der Waals surface area contributed by atoms with Crippen LogP contribution >= 0.6 is 11.6 Å². The second-order valence-electron chi connectivity index (χ2n) is 5.07. The van der Waals surface area contributed by atoms with E-state index in [-0.39, 0.29) is 0 Å². The highest BCUT2D eigenvalue weighted by molar-refractivity contribution is 6.30. The molecule has 0 saturated carbocycles. The van der Waals surface area contributed by atoms with Crippen molar-refractivity contribution in [3.05, 3.63) is 58.6 Å². The van der Waals surface area contributed by atoms with Gasteiger partial charge >= 0.3 is 0 Å². The Balaban J connectivity index is 2.33. The van der Waals surface area contributed by atoms with Gasteiger partial charge in [0.15, 0.2) is 0 Å². The predicted molar refractivity (Wildman–Crippen MR) is 89.4 cm³/mol. The van der Waals surface area contributed by atoms with E-state index in [0.717, 1.165) is 30.0 Å². The number of nitrogens with one attached hydrogen (secondary N) is 1. The predicted octanol–water partition coefficient (Wildman–Crippen LogP) is 5.50. The molecule has 0 aromatic heterocycles. The van der Waals surface area contributed by atoms with Gasteiger partial charge in [0.2, 0.25) is 0 Å². The van der Waals surface area contributed by atoms with Crippen LogP contribution in [-0.2, 0) is 0 Å². The van der Waals surface area contributed by atoms with Gasteiger partial charge in [-0.25, -0.2) is 0 Å². The van der Waals surface area contributed by atoms with Crippen molar-refractivity contribution >= 4 is 11.6 Å². The number of hydrogen-bond acceptors (Lipinski definition) is 2. The first-order valence-corrected chi connectivity index (χ1v) is 7.79. The largest absolute Gasteiger partial charge is 0.457 e. The summed E-state index contributed by atoms with van der Waals surface area (Å²) in [5.74, 6) is 1.69. The number of ether oxygens (including phenoxy) is 1. The average molecular weight is 304 g/mol. The van der Waals surface area contributed by atoms with E-state index >= 15 is 0 Å². The third-order valence-corrected chi connectivity index (χ3v) is 3.76. The Hall–Kier alpha value is -1.51. The second kappa shape index (κ2) is 7.48. The molecule has 0 heterocycles. The van der Waals surface area contributed by atoms with Gasteiger partial charge in [-0.15, -0.1) is 0 Å². The lowest BCUT2D eigenvalue weighted by molar-refractivity contribution is 0.450. The van der Waals surface area contributed by atoms with Crippen molar-refractivity contribution in [1.29, 1.82) is 0 Å². The summed E-state index contributed by atoms with van der Waals surface area (Å²) in [5, 5.41) is 4.18. The normalized spacial score (nSPS) is 12.2. The SMILES string of the molecule is CCNC(CC)c1ccccc1Oc1cc(Cl)ccc1C. The van der Waals surface area contributed by atoms with E-state index < -0.39 is 0 Å². The molecule has 21 heavy (non-hydrogen) atoms. The van der Waals surface area contributed by atoms with Crippen LogP contribution in [0.25, 0.3) is 0 Å². The molecule has 0 fully saturated rings. The van der Waals surface area contributed by atoms with Gasteiger partial charge in [-0.05, 0) is 43.7 Å². The van der Waals surface area contributed by atoms with Crippen LogP contribution in [0.3, 0.4) is 0 Å². The maximum atomic E-state index is 6.13. The van der Waals surface area contributed by atoms with E-state index in [4.69, 9.17) is 16.3 Å². The highest BCUT2D eigenvalue weighted by Crippen LogP contribution is 2.33. The number of halogens is 1. The first kappa shape index (κ1) is 15.9. The zero-order valence-corrected chi connectivity index (χ0v) is 13.6. The summed E-state index contributed by atoms with van der Waals surface area (Å²) in [7, 11) is 0. The summed E-state index contributed by atoms with van der Waals surface area (Å²) in [6, 6.07) is 14.2. The first-order valence-electron chi connectivity index (χ1n) is 7.42. The van der Waals surface area contributed by atoms with Gasteiger partial charge in [0.1, 0.15) is 11.5 Å². The van der Waals surface area contributed by atoms with E-state index in [1.54, 1.807) is 0 Å². The Morgan fingerprint density at radius 3 is 2.57 bits per heavy atom. The molecule has 0 aliphatic rings. The van der Waals surface area contributed by atoms with E-state index in [9.17, 15) is 0 Å². The smallest absolute Gasteiger partial charge is 0.132 e. The van der Waals surface area contributed by atoms with E-state index in [2.05, 4.69) is 25.2 Å². The second-order valence-corrected chi connectivity index (χ2v) is 5.50. The molecule has 0 bridgehead atoms. The van der Waals surface area contributed by atoms with Crippen molar-refractivity contribution in [2.45, 2.75) is 33.2 Å². The molecule has 0 spiro atoms. The summed E-state index contributed by atoms with van der Waals surface area (Å²) in [6.07, 6.45) is 1.02. The number of hydrogen-bond donors (Lipinski definition) is 1. The van der Waals surface area contributed by atoms with Crippen molar-refractivity contribution in [3.8, 4) is 11.5 Å². The topological polar surface area (TPSA) is 21.3 Å². The lowest BCUT2D eigenvalue weighted by Crippen LogP contribution is -2.20. The van der Waals surface area contributed by atoms with Crippen LogP contribution in [-0.4, -0.2) is 6.54 Å². The van der Waals surface area contributed by atoms with Crippen LogP contribution < -0.4 is 10.1 Å². The molecule has 2 rings (SSSR count). The molecular weight excluding hydrogens is 282 g/mol. The standard InChI is InChI=1S/C18H22ClNO/c1-4-16(20-5-2)15-8-6-7-9-17(15)21-18-12-14(19)11-10-13(18)3/h6-12,16,20H,4-5H2,1-3H3. The molecule has 2 aromatic carbocycles. The van der Waals surface area contributed by atoms with Crippen LogP contribution in [0.1, 0.15) is 37.4 Å². The van der Waals surface area contributed by atoms with Gasteiger partial charge in [0.05, 0.1) is 0 Å². The van der Waals surface area contributed by atoms with Crippen LogP contribution in [0.4, 0.5) is 0 Å². The number of para-hydroxylation sites is 1. The number of benzene rings is 2. The minimum absolute atomic E-state index is 0.297. The Morgan fingerprint density at radius 1 is 1.10 bits per heavy atom. The molecular formula is C18H22ClNO. The van der Waals surface area contributed by atoms with Crippen LogP contribution in [0, 0.1) is 6.92 Å². The third kappa shape index (κ3) is 3.99. The van der Waals surface area contributed by atoms with Crippen molar-refractivity contribution < 1.29 is 4.74 Å². The third-order valence-electron chi connectivity index (χ3n) is 3.52. The molecule has 0 aliphatic heterocycles. The number of aryl methyl sites for hydroxylation is 1. The molecule has 3 heteroatoms. The molecule has 0 saturated heterocycles. The van der Waals surface area contributed by atoms with Crippen molar-refractivity contribution in [1.82, 2.24) is 5.32 Å². The summed E-state index contributed by atoms with van der Waals surface area (Å²) >= 11 is 6.07. The highest BCUT2D eigenvalue weighted by atomic mass is 35.5. The molecule has 0 radical (unpaired) electrons. The van der Waals surface area contributed by atoms with Crippen LogP contribution in [0.5, 0.6) is 11.5 Å². The Kier molecular flexibility index (Phi) is 5.66. The molecule has 112 valence electrons. The molecule has 1 atom stereocenters. The molecule has 2 aromatic rings. The van der Waals surface area contributed by atoms with Gasteiger partial charge in [0.25, 0.3) is 0 Å². The van der Waals surface area contributed by atoms with Gasteiger partial charge in [-0.3, -0.25) is 0 Å². The van der Waals surface area contributed by atoms with E-state index in [1.165, 1.54) is 5.56 Å². The van der Waals surface area contributed by atoms with Gasteiger partial charge in [-0.2, -0.15) is 0 Å². The molecule has 0 amide bonds. The summed E-state index contributed by atoms with van der Waals surface area (Å²) in [4.78, 5) is 0. The molecule has 1 unspecified atom stereocenters. The summed E-state index contributed by atoms with van der Waals surface area (Å²) in [6.45, 7) is 7.25. The lowest BCUT2D eigenvalue weighted by atomic mass is 10.0. The Bertz CT molecular complexity index is 598. The van der Waals surface area contributed by atoms with Crippen molar-refractivity contribution in [3.63, 3.8) is 0 Å². The lowest BCUT2D eigenvalue weighted by Gasteiger charge is -2.20. The highest BCUT2D eigenvalue weighted by Gasteiger charge is 2.14. The zero-order valence-electron chi connectivity index (χ0n) is 12.8. The average Bonchev–Trinajstić information content (AvgIpc) is 2.49. The van der Waals surface area contributed by atoms with Crippen molar-refractivity contribution in [2.75, 3.05) is 6.54 Å². The van der Waals surface area contributed by atoms with Gasteiger partial charge in [0, 0.05) is 16.6 Å². The van der Waals surface area contributed by atoms with Crippen LogP contribution in [0.2, 0.25) is 5.02 Å². The number of rotatable bonds is 6. The molecule has 0 aliphatic carbocycles. The summed E-state index contributed by atoms with van der Waals surface area (Å²) < 4.78 is 6.13. The van der Waals surface area contributed by atoms with Crippen LogP contribution in [0.15, 0.2) is 42.5 Å². The molecule has 1 N–H and O–H groups in total. The Morgan fingerprint density at radius 2 is 1.86 bits per heavy atom. The minimum atomic E-state index is 0.297.